The Balaban J connectivity index is 2.27. The standard InChI is InChI=1S/C10H17N3S2/c1-6-5-13(3)7(2)4-10(6)8(14)11-9(15)12-10/h6-7H,4-5H2,1-3H3,(H2,11,12,14,15)/p+1/t6-,7-,10-/m1/s1. The predicted molar refractivity (Wildman–Crippen MR) is 69.2 cm³/mol. The molecule has 1 unspecified atom stereocenters. The van der Waals surface area contributed by atoms with E-state index in [1.165, 1.54) is 0 Å². The summed E-state index contributed by atoms with van der Waals surface area (Å²) < 4.78 is 0. The molecule has 84 valence electrons. The van der Waals surface area contributed by atoms with Gasteiger partial charge >= 0.3 is 0 Å². The summed E-state index contributed by atoms with van der Waals surface area (Å²) in [5.41, 5.74) is -0.0780. The molecule has 0 aromatic heterocycles. The number of piperidine rings is 1. The largest absolute Gasteiger partial charge is 0.350 e. The molecule has 2 aliphatic rings. The van der Waals surface area contributed by atoms with Crippen LogP contribution in [0.3, 0.4) is 0 Å². The molecule has 2 rings (SSSR count). The van der Waals surface area contributed by atoms with Crippen molar-refractivity contribution in [2.75, 3.05) is 13.6 Å². The first kappa shape index (κ1) is 11.2. The van der Waals surface area contributed by atoms with E-state index in [0.717, 1.165) is 18.0 Å². The van der Waals surface area contributed by atoms with Gasteiger partial charge in [0.2, 0.25) is 0 Å². The first-order valence-corrected chi connectivity index (χ1v) is 6.23. The molecule has 0 aromatic carbocycles. The highest BCUT2D eigenvalue weighted by Gasteiger charge is 2.51. The van der Waals surface area contributed by atoms with Gasteiger partial charge in [-0.2, -0.15) is 0 Å². The molecule has 0 radical (unpaired) electrons. The van der Waals surface area contributed by atoms with Crippen LogP contribution in [0.4, 0.5) is 0 Å². The first-order chi connectivity index (χ1) is 6.95. The van der Waals surface area contributed by atoms with Gasteiger partial charge in [-0.1, -0.05) is 19.1 Å². The summed E-state index contributed by atoms with van der Waals surface area (Å²) >= 11 is 10.6. The molecule has 15 heavy (non-hydrogen) atoms. The lowest BCUT2D eigenvalue weighted by atomic mass is 9.76. The number of nitrogens with one attached hydrogen (secondary N) is 3. The molecule has 1 spiro atoms. The van der Waals surface area contributed by atoms with Crippen molar-refractivity contribution in [3.63, 3.8) is 0 Å². The molecule has 0 bridgehead atoms. The van der Waals surface area contributed by atoms with E-state index < -0.39 is 0 Å². The third-order valence-corrected chi connectivity index (χ3v) is 4.58. The molecular formula is C10H18N3S2+. The molecule has 2 aliphatic heterocycles. The molecule has 0 aliphatic carbocycles. The minimum absolute atomic E-state index is 0.0780. The van der Waals surface area contributed by atoms with Crippen LogP contribution in [0, 0.1) is 5.92 Å². The lowest BCUT2D eigenvalue weighted by molar-refractivity contribution is -0.914. The average molecular weight is 244 g/mol. The van der Waals surface area contributed by atoms with Crippen molar-refractivity contribution in [1.82, 2.24) is 10.6 Å². The van der Waals surface area contributed by atoms with Gasteiger partial charge < -0.3 is 15.5 Å². The number of hydrogen-bond acceptors (Lipinski definition) is 2. The van der Waals surface area contributed by atoms with Crippen LogP contribution < -0.4 is 15.5 Å². The molecule has 0 saturated carbocycles. The van der Waals surface area contributed by atoms with Crippen LogP contribution in [0.5, 0.6) is 0 Å². The predicted octanol–water partition coefficient (Wildman–Crippen LogP) is -0.527. The maximum Gasteiger partial charge on any atom is 0.172 e. The Morgan fingerprint density at radius 2 is 2.07 bits per heavy atom. The zero-order valence-corrected chi connectivity index (χ0v) is 11.0. The summed E-state index contributed by atoms with van der Waals surface area (Å²) in [4.78, 5) is 2.47. The van der Waals surface area contributed by atoms with Crippen molar-refractivity contribution >= 4 is 34.5 Å². The zero-order valence-electron chi connectivity index (χ0n) is 9.39. The number of rotatable bonds is 0. The molecule has 2 heterocycles. The van der Waals surface area contributed by atoms with E-state index >= 15 is 0 Å². The van der Waals surface area contributed by atoms with Crippen LogP contribution in [-0.2, 0) is 0 Å². The van der Waals surface area contributed by atoms with E-state index in [0.29, 0.717) is 17.1 Å². The van der Waals surface area contributed by atoms with Gasteiger partial charge in [0.25, 0.3) is 0 Å². The van der Waals surface area contributed by atoms with E-state index in [4.69, 9.17) is 24.4 Å². The third-order valence-electron chi connectivity index (χ3n) is 3.91. The second-order valence-corrected chi connectivity index (χ2v) is 5.75. The quantitative estimate of drug-likeness (QED) is 0.500. The van der Waals surface area contributed by atoms with Gasteiger partial charge in [0.1, 0.15) is 10.5 Å². The molecule has 5 heteroatoms. The fourth-order valence-electron chi connectivity index (χ4n) is 2.71. The highest BCUT2D eigenvalue weighted by molar-refractivity contribution is 7.82. The Bertz CT molecular complexity index is 318. The lowest BCUT2D eigenvalue weighted by Crippen LogP contribution is -3.15. The van der Waals surface area contributed by atoms with Crippen molar-refractivity contribution in [2.45, 2.75) is 31.8 Å². The van der Waals surface area contributed by atoms with Gasteiger partial charge in [-0.3, -0.25) is 0 Å². The maximum atomic E-state index is 5.43. The van der Waals surface area contributed by atoms with Crippen molar-refractivity contribution in [3.8, 4) is 0 Å². The van der Waals surface area contributed by atoms with Crippen LogP contribution in [0.1, 0.15) is 20.3 Å². The van der Waals surface area contributed by atoms with Gasteiger partial charge in [-0.15, -0.1) is 0 Å². The van der Waals surface area contributed by atoms with Crippen molar-refractivity contribution < 1.29 is 4.90 Å². The number of quaternary nitrogens is 1. The molecular weight excluding hydrogens is 226 g/mol. The summed E-state index contributed by atoms with van der Waals surface area (Å²) in [5.74, 6) is 0.522. The number of likely N-dealkylation sites (tertiary alicyclic amines) is 1. The SMILES string of the molecule is C[C@@H]1C[C@@]2(NC(=S)NC2=S)[C@H](C)C[NH+]1C. The summed E-state index contributed by atoms with van der Waals surface area (Å²) in [6.07, 6.45) is 1.06. The Morgan fingerprint density at radius 1 is 1.40 bits per heavy atom. The van der Waals surface area contributed by atoms with Crippen LogP contribution in [0.15, 0.2) is 0 Å². The topological polar surface area (TPSA) is 28.5 Å². The van der Waals surface area contributed by atoms with E-state index in [9.17, 15) is 0 Å². The van der Waals surface area contributed by atoms with Crippen LogP contribution in [-0.4, -0.2) is 35.3 Å². The minimum atomic E-state index is -0.0780. The highest BCUT2D eigenvalue weighted by atomic mass is 32.1. The summed E-state index contributed by atoms with van der Waals surface area (Å²) in [6.45, 7) is 5.66. The average Bonchev–Trinajstić information content (AvgIpc) is 2.40. The Hall–Kier alpha value is -0.260. The highest BCUT2D eigenvalue weighted by Crippen LogP contribution is 2.28. The van der Waals surface area contributed by atoms with Crippen molar-refractivity contribution in [1.29, 1.82) is 0 Å². The monoisotopic (exact) mass is 244 g/mol. The van der Waals surface area contributed by atoms with E-state index in [-0.39, 0.29) is 5.54 Å². The zero-order chi connectivity index (χ0) is 11.2. The van der Waals surface area contributed by atoms with E-state index in [1.807, 2.05) is 0 Å². The van der Waals surface area contributed by atoms with Gasteiger partial charge in [0, 0.05) is 12.3 Å². The Labute approximate surface area is 102 Å². The molecule has 4 atom stereocenters. The van der Waals surface area contributed by atoms with Crippen molar-refractivity contribution in [2.24, 2.45) is 5.92 Å². The normalized spacial score (nSPS) is 45.4. The van der Waals surface area contributed by atoms with Gasteiger partial charge in [-0.25, -0.2) is 0 Å². The van der Waals surface area contributed by atoms with Gasteiger partial charge in [-0.05, 0) is 19.1 Å². The fraction of sp³-hybridized carbons (Fsp3) is 0.800. The maximum absolute atomic E-state index is 5.43. The molecule has 0 aromatic rings. The molecule has 2 saturated heterocycles. The Kier molecular flexibility index (Phi) is 2.73. The molecule has 2 fully saturated rings. The van der Waals surface area contributed by atoms with Crippen LogP contribution >= 0.6 is 24.4 Å². The first-order valence-electron chi connectivity index (χ1n) is 5.41. The fourth-order valence-corrected chi connectivity index (χ4v) is 3.50. The Morgan fingerprint density at radius 3 is 2.60 bits per heavy atom. The summed E-state index contributed by atoms with van der Waals surface area (Å²) in [6, 6.07) is 0.620. The summed E-state index contributed by atoms with van der Waals surface area (Å²) in [7, 11) is 2.25. The van der Waals surface area contributed by atoms with Crippen LogP contribution in [0.2, 0.25) is 0 Å². The molecule has 3 nitrogen and oxygen atoms in total. The second kappa shape index (κ2) is 3.64. The number of thiocarbonyl (C=S) groups is 2. The van der Waals surface area contributed by atoms with Crippen molar-refractivity contribution in [3.05, 3.63) is 0 Å². The van der Waals surface area contributed by atoms with Gasteiger partial charge in [0.05, 0.1) is 19.6 Å². The number of hydrogen-bond donors (Lipinski definition) is 3. The lowest BCUT2D eigenvalue weighted by Gasteiger charge is -2.43. The smallest absolute Gasteiger partial charge is 0.172 e. The van der Waals surface area contributed by atoms with Gasteiger partial charge in [0.15, 0.2) is 5.11 Å². The van der Waals surface area contributed by atoms with Crippen LogP contribution in [0.25, 0.3) is 0 Å². The third kappa shape index (κ3) is 1.66. The molecule has 3 N–H and O–H groups in total. The second-order valence-electron chi connectivity index (χ2n) is 4.94. The minimum Gasteiger partial charge on any atom is -0.350 e. The summed E-state index contributed by atoms with van der Waals surface area (Å²) in [5, 5.41) is 7.16. The van der Waals surface area contributed by atoms with E-state index in [1.54, 1.807) is 4.90 Å². The van der Waals surface area contributed by atoms with E-state index in [2.05, 4.69) is 31.5 Å². The molecule has 0 amide bonds.